The predicted molar refractivity (Wildman–Crippen MR) is 109 cm³/mol. The van der Waals surface area contributed by atoms with Crippen molar-refractivity contribution in [1.82, 2.24) is 9.78 Å². The van der Waals surface area contributed by atoms with E-state index < -0.39 is 10.0 Å². The van der Waals surface area contributed by atoms with Crippen LogP contribution in [0.3, 0.4) is 0 Å². The van der Waals surface area contributed by atoms with Crippen molar-refractivity contribution in [3.63, 3.8) is 0 Å². The van der Waals surface area contributed by atoms with Gasteiger partial charge < -0.3 is 10.6 Å². The molecule has 0 spiro atoms. The number of anilines is 3. The summed E-state index contributed by atoms with van der Waals surface area (Å²) in [5.41, 5.74) is 2.64. The van der Waals surface area contributed by atoms with E-state index in [0.29, 0.717) is 17.1 Å². The summed E-state index contributed by atoms with van der Waals surface area (Å²) in [5, 5.41) is 9.84. The maximum absolute atomic E-state index is 12.2. The predicted octanol–water partition coefficient (Wildman–Crippen LogP) is 3.59. The van der Waals surface area contributed by atoms with Crippen molar-refractivity contribution in [2.24, 2.45) is 0 Å². The van der Waals surface area contributed by atoms with Gasteiger partial charge in [0.1, 0.15) is 0 Å². The monoisotopic (exact) mass is 393 g/mol. The van der Waals surface area contributed by atoms with Crippen LogP contribution in [-0.2, 0) is 10.0 Å². The van der Waals surface area contributed by atoms with E-state index in [-0.39, 0.29) is 17.8 Å². The number of sulfonamides is 1. The quantitative estimate of drug-likeness (QED) is 0.751. The first-order chi connectivity index (χ1) is 12.7. The maximum Gasteiger partial charge on any atom is 0.323 e. The molecule has 0 fully saturated rings. The van der Waals surface area contributed by atoms with Crippen molar-refractivity contribution >= 4 is 33.1 Å². The molecule has 1 unspecified atom stereocenters. The molecule has 2 N–H and O–H groups in total. The van der Waals surface area contributed by atoms with Crippen LogP contribution in [-0.4, -0.2) is 37.0 Å². The van der Waals surface area contributed by atoms with Crippen LogP contribution >= 0.6 is 0 Å². The second kappa shape index (κ2) is 8.43. The van der Waals surface area contributed by atoms with Gasteiger partial charge in [-0.05, 0) is 51.5 Å². The van der Waals surface area contributed by atoms with Crippen LogP contribution in [0, 0.1) is 6.92 Å². The van der Waals surface area contributed by atoms with Gasteiger partial charge in [0.25, 0.3) is 0 Å². The zero-order valence-corrected chi connectivity index (χ0v) is 17.2. The highest BCUT2D eigenvalue weighted by Crippen LogP contribution is 2.21. The van der Waals surface area contributed by atoms with Crippen molar-refractivity contribution in [2.75, 3.05) is 27.7 Å². The van der Waals surface area contributed by atoms with Crippen molar-refractivity contribution in [1.29, 1.82) is 0 Å². The van der Waals surface area contributed by atoms with E-state index in [2.05, 4.69) is 29.6 Å². The van der Waals surface area contributed by atoms with Crippen LogP contribution in [0.2, 0.25) is 0 Å². The molecule has 9 heteroatoms. The van der Waals surface area contributed by atoms with Gasteiger partial charge >= 0.3 is 6.03 Å². The molecule has 8 nitrogen and oxygen atoms in total. The zero-order chi connectivity index (χ0) is 20.2. The van der Waals surface area contributed by atoms with Crippen molar-refractivity contribution in [2.45, 2.75) is 40.2 Å². The highest BCUT2D eigenvalue weighted by Gasteiger charge is 2.16. The minimum absolute atomic E-state index is 0.0234. The summed E-state index contributed by atoms with van der Waals surface area (Å²) in [6, 6.07) is 6.49. The fourth-order valence-electron chi connectivity index (χ4n) is 2.56. The summed E-state index contributed by atoms with van der Waals surface area (Å²) in [5.74, 6) is 0.0234. The Bertz CT molecular complexity index is 890. The third-order valence-corrected chi connectivity index (χ3v) is 6.35. The number of rotatable bonds is 7. The molecule has 0 aliphatic heterocycles. The van der Waals surface area contributed by atoms with Gasteiger partial charge in [0, 0.05) is 18.8 Å². The average Bonchev–Trinajstić information content (AvgIpc) is 3.01. The largest absolute Gasteiger partial charge is 0.323 e. The molecule has 0 saturated carbocycles. The molecule has 0 aliphatic carbocycles. The van der Waals surface area contributed by atoms with Crippen LogP contribution in [0.5, 0.6) is 0 Å². The van der Waals surface area contributed by atoms with Crippen molar-refractivity contribution in [3.05, 3.63) is 36.2 Å². The van der Waals surface area contributed by atoms with Crippen LogP contribution in [0.15, 0.2) is 30.5 Å². The normalized spacial score (nSPS) is 12.5. The van der Waals surface area contributed by atoms with E-state index in [9.17, 15) is 13.2 Å². The third-order valence-electron chi connectivity index (χ3n) is 4.57. The molecule has 1 atom stereocenters. The molecule has 0 saturated heterocycles. The molecule has 1 aromatic heterocycles. The molecule has 0 radical (unpaired) electrons. The van der Waals surface area contributed by atoms with Crippen LogP contribution in [0.25, 0.3) is 0 Å². The number of amides is 2. The van der Waals surface area contributed by atoms with E-state index >= 15 is 0 Å². The molecule has 148 valence electrons. The number of carbonyl (C=O) groups excluding carboxylic acids is 1. The van der Waals surface area contributed by atoms with E-state index in [4.69, 9.17) is 0 Å². The van der Waals surface area contributed by atoms with E-state index in [1.807, 2.05) is 11.6 Å². The average molecular weight is 394 g/mol. The van der Waals surface area contributed by atoms with Gasteiger partial charge in [-0.15, -0.1) is 0 Å². The molecule has 1 aromatic carbocycles. The van der Waals surface area contributed by atoms with E-state index in [1.54, 1.807) is 37.4 Å². The lowest BCUT2D eigenvalue weighted by atomic mass is 10.2. The molecule has 2 amide bonds. The van der Waals surface area contributed by atoms with Crippen molar-refractivity contribution < 1.29 is 13.2 Å². The minimum Gasteiger partial charge on any atom is -0.308 e. The number of nitrogens with one attached hydrogen (secondary N) is 2. The Morgan fingerprint density at radius 2 is 1.85 bits per heavy atom. The standard InChI is InChI=1S/C18H27N5O3S/c1-6-13(3)23-14(4)17(12-19-23)21-18(24)20-15-8-10-16(11-9-15)22(5)27(25,26)7-2/h8-13H,6-7H2,1-5H3,(H2,20,21,24). The summed E-state index contributed by atoms with van der Waals surface area (Å²) in [6.45, 7) is 7.66. The number of hydrogen-bond acceptors (Lipinski definition) is 4. The second-order valence-corrected chi connectivity index (χ2v) is 8.63. The Morgan fingerprint density at radius 3 is 2.41 bits per heavy atom. The van der Waals surface area contributed by atoms with Gasteiger partial charge in [-0.25, -0.2) is 13.2 Å². The fourth-order valence-corrected chi connectivity index (χ4v) is 3.39. The summed E-state index contributed by atoms with van der Waals surface area (Å²) < 4.78 is 26.9. The van der Waals surface area contributed by atoms with Gasteiger partial charge in [0.05, 0.1) is 29.0 Å². The highest BCUT2D eigenvalue weighted by molar-refractivity contribution is 7.92. The summed E-state index contributed by atoms with van der Waals surface area (Å²) >= 11 is 0. The Hall–Kier alpha value is -2.55. The molecule has 2 rings (SSSR count). The highest BCUT2D eigenvalue weighted by atomic mass is 32.2. The molecule has 0 bridgehead atoms. The molecular weight excluding hydrogens is 366 g/mol. The minimum atomic E-state index is -3.32. The second-order valence-electron chi connectivity index (χ2n) is 6.34. The first kappa shape index (κ1) is 20.8. The Morgan fingerprint density at radius 1 is 1.22 bits per heavy atom. The zero-order valence-electron chi connectivity index (χ0n) is 16.4. The first-order valence-corrected chi connectivity index (χ1v) is 10.5. The van der Waals surface area contributed by atoms with Crippen LogP contribution in [0.4, 0.5) is 21.9 Å². The summed E-state index contributed by atoms with van der Waals surface area (Å²) in [6.07, 6.45) is 2.58. The number of carbonyl (C=O) groups is 1. The van der Waals surface area contributed by atoms with E-state index in [1.165, 1.54) is 11.4 Å². The van der Waals surface area contributed by atoms with Gasteiger partial charge in [0.15, 0.2) is 0 Å². The molecular formula is C18H27N5O3S. The van der Waals surface area contributed by atoms with Gasteiger partial charge in [-0.1, -0.05) is 6.92 Å². The molecule has 2 aromatic rings. The topological polar surface area (TPSA) is 96.3 Å². The van der Waals surface area contributed by atoms with Crippen LogP contribution < -0.4 is 14.9 Å². The number of aromatic nitrogens is 2. The lowest BCUT2D eigenvalue weighted by Gasteiger charge is -2.18. The Kier molecular flexibility index (Phi) is 6.48. The fraction of sp³-hybridized carbons (Fsp3) is 0.444. The number of benzene rings is 1. The number of hydrogen-bond donors (Lipinski definition) is 2. The third kappa shape index (κ3) is 4.79. The first-order valence-electron chi connectivity index (χ1n) is 8.88. The Balaban J connectivity index is 2.04. The molecule has 0 aliphatic rings. The SMILES string of the molecule is CCC(C)n1ncc(NC(=O)Nc2ccc(N(C)S(=O)(=O)CC)cc2)c1C. The maximum atomic E-state index is 12.2. The number of urea groups is 1. The summed E-state index contributed by atoms with van der Waals surface area (Å²) in [7, 11) is -1.81. The van der Waals surface area contributed by atoms with E-state index in [0.717, 1.165) is 12.1 Å². The van der Waals surface area contributed by atoms with Crippen molar-refractivity contribution in [3.8, 4) is 0 Å². The summed E-state index contributed by atoms with van der Waals surface area (Å²) in [4.78, 5) is 12.2. The molecule has 27 heavy (non-hydrogen) atoms. The van der Waals surface area contributed by atoms with Gasteiger partial charge in [-0.3, -0.25) is 8.99 Å². The molecule has 1 heterocycles. The lowest BCUT2D eigenvalue weighted by Crippen LogP contribution is -2.27. The Labute approximate surface area is 160 Å². The van der Waals surface area contributed by atoms with Gasteiger partial charge in [0.2, 0.25) is 10.0 Å². The smallest absolute Gasteiger partial charge is 0.308 e. The van der Waals surface area contributed by atoms with Gasteiger partial charge in [-0.2, -0.15) is 5.10 Å². The lowest BCUT2D eigenvalue weighted by molar-refractivity contribution is 0.262. The number of nitrogens with zero attached hydrogens (tertiary/aromatic N) is 3. The van der Waals surface area contributed by atoms with Crippen LogP contribution in [0.1, 0.15) is 38.9 Å².